The van der Waals surface area contributed by atoms with Crippen LogP contribution in [0.2, 0.25) is 0 Å². The average Bonchev–Trinajstić information content (AvgIpc) is 2.33. The Kier molecular flexibility index (Phi) is 6.24. The van der Waals surface area contributed by atoms with Gasteiger partial charge in [-0.1, -0.05) is 0 Å². The molecule has 100 valence electrons. The fourth-order valence-corrected chi connectivity index (χ4v) is 2.27. The van der Waals surface area contributed by atoms with Gasteiger partial charge in [0.1, 0.15) is 0 Å². The van der Waals surface area contributed by atoms with Crippen LogP contribution >= 0.6 is 22.6 Å². The molecule has 18 heavy (non-hydrogen) atoms. The molecule has 0 saturated heterocycles. The lowest BCUT2D eigenvalue weighted by Gasteiger charge is -2.14. The van der Waals surface area contributed by atoms with E-state index in [-0.39, 0.29) is 5.91 Å². The number of carbonyl (C=O) groups is 1. The zero-order valence-corrected chi connectivity index (χ0v) is 13.0. The van der Waals surface area contributed by atoms with E-state index in [9.17, 15) is 4.79 Å². The lowest BCUT2D eigenvalue weighted by molar-refractivity contribution is 0.0955. The van der Waals surface area contributed by atoms with Crippen molar-refractivity contribution in [2.75, 3.05) is 19.8 Å². The Hall–Kier alpha value is -0.980. The van der Waals surface area contributed by atoms with Crippen molar-refractivity contribution >= 4 is 28.5 Å². The van der Waals surface area contributed by atoms with Gasteiger partial charge in [-0.2, -0.15) is 0 Å². The van der Waals surface area contributed by atoms with Crippen LogP contribution in [0.1, 0.15) is 31.1 Å². The summed E-state index contributed by atoms with van der Waals surface area (Å²) in [4.78, 5) is 11.8. The number of ether oxygens (including phenoxy) is 2. The molecule has 0 fully saturated rings. The summed E-state index contributed by atoms with van der Waals surface area (Å²) in [6.45, 7) is 7.42. The van der Waals surface area contributed by atoms with E-state index in [2.05, 4.69) is 27.9 Å². The van der Waals surface area contributed by atoms with Gasteiger partial charge >= 0.3 is 0 Å². The number of hydrogen-bond donors (Lipinski definition) is 1. The van der Waals surface area contributed by atoms with Crippen molar-refractivity contribution in [1.29, 1.82) is 0 Å². The predicted octanol–water partition coefficient (Wildman–Crippen LogP) is 2.84. The molecular formula is C13H18INO3. The number of hydrogen-bond acceptors (Lipinski definition) is 3. The van der Waals surface area contributed by atoms with Gasteiger partial charge in [0, 0.05) is 12.1 Å². The summed E-state index contributed by atoms with van der Waals surface area (Å²) in [6, 6.07) is 3.53. The molecule has 0 heterocycles. The van der Waals surface area contributed by atoms with E-state index < -0.39 is 0 Å². The molecule has 1 rings (SSSR count). The van der Waals surface area contributed by atoms with Crippen LogP contribution in [0.3, 0.4) is 0 Å². The van der Waals surface area contributed by atoms with Crippen LogP contribution in [0.5, 0.6) is 11.5 Å². The van der Waals surface area contributed by atoms with Crippen LogP contribution in [-0.2, 0) is 0 Å². The largest absolute Gasteiger partial charge is 0.490 e. The third-order valence-corrected chi connectivity index (χ3v) is 3.00. The smallest absolute Gasteiger partial charge is 0.251 e. The Morgan fingerprint density at radius 1 is 1.22 bits per heavy atom. The van der Waals surface area contributed by atoms with Gasteiger partial charge in [-0.3, -0.25) is 4.79 Å². The number of halogens is 1. The second-order valence-electron chi connectivity index (χ2n) is 3.51. The van der Waals surface area contributed by atoms with Crippen LogP contribution in [0.15, 0.2) is 12.1 Å². The highest BCUT2D eigenvalue weighted by Crippen LogP contribution is 2.34. The molecule has 0 aromatic heterocycles. The first kappa shape index (κ1) is 15.1. The first-order valence-electron chi connectivity index (χ1n) is 6.01. The van der Waals surface area contributed by atoms with Crippen molar-refractivity contribution in [2.24, 2.45) is 0 Å². The molecule has 0 unspecified atom stereocenters. The van der Waals surface area contributed by atoms with Crippen molar-refractivity contribution in [1.82, 2.24) is 5.32 Å². The maximum absolute atomic E-state index is 11.8. The number of benzene rings is 1. The number of nitrogens with one attached hydrogen (secondary N) is 1. The molecule has 0 radical (unpaired) electrons. The monoisotopic (exact) mass is 363 g/mol. The Morgan fingerprint density at radius 3 is 2.44 bits per heavy atom. The van der Waals surface area contributed by atoms with E-state index in [1.165, 1.54) is 0 Å². The number of carbonyl (C=O) groups excluding carboxylic acids is 1. The summed E-state index contributed by atoms with van der Waals surface area (Å²) in [5, 5.41) is 2.77. The minimum atomic E-state index is -0.0978. The van der Waals surface area contributed by atoms with Crippen molar-refractivity contribution in [3.8, 4) is 11.5 Å². The number of amides is 1. The molecule has 0 aliphatic heterocycles. The summed E-state index contributed by atoms with van der Waals surface area (Å²) in [5.74, 6) is 1.22. The minimum Gasteiger partial charge on any atom is -0.490 e. The summed E-state index contributed by atoms with van der Waals surface area (Å²) < 4.78 is 12.0. The lowest BCUT2D eigenvalue weighted by atomic mass is 10.2. The highest BCUT2D eigenvalue weighted by atomic mass is 127. The highest BCUT2D eigenvalue weighted by molar-refractivity contribution is 14.1. The molecule has 4 nitrogen and oxygen atoms in total. The normalized spacial score (nSPS) is 10.0. The first-order chi connectivity index (χ1) is 8.63. The zero-order chi connectivity index (χ0) is 13.5. The third kappa shape index (κ3) is 3.76. The summed E-state index contributed by atoms with van der Waals surface area (Å²) in [6.07, 6.45) is 0. The van der Waals surface area contributed by atoms with Crippen molar-refractivity contribution < 1.29 is 14.3 Å². The predicted molar refractivity (Wildman–Crippen MR) is 79.5 cm³/mol. The van der Waals surface area contributed by atoms with E-state index in [0.29, 0.717) is 36.8 Å². The second kappa shape index (κ2) is 7.45. The third-order valence-electron chi connectivity index (χ3n) is 2.20. The lowest BCUT2D eigenvalue weighted by Crippen LogP contribution is -2.22. The molecule has 1 aromatic carbocycles. The van der Waals surface area contributed by atoms with Crippen LogP contribution in [-0.4, -0.2) is 25.7 Å². The standard InChI is InChI=1S/C13H18INO3/c1-4-15-13(16)9-7-10(14)12(18-6-3)11(8-9)17-5-2/h7-8H,4-6H2,1-3H3,(H,15,16). The van der Waals surface area contributed by atoms with Crippen molar-refractivity contribution in [3.63, 3.8) is 0 Å². The fourth-order valence-electron chi connectivity index (χ4n) is 1.51. The first-order valence-corrected chi connectivity index (χ1v) is 7.09. The molecule has 0 spiro atoms. The topological polar surface area (TPSA) is 47.6 Å². The summed E-state index contributed by atoms with van der Waals surface area (Å²) in [5.41, 5.74) is 0.591. The quantitative estimate of drug-likeness (QED) is 0.791. The Morgan fingerprint density at radius 2 is 1.89 bits per heavy atom. The van der Waals surface area contributed by atoms with Gasteiger partial charge in [-0.15, -0.1) is 0 Å². The average molecular weight is 363 g/mol. The Labute approximate surface area is 121 Å². The fraction of sp³-hybridized carbons (Fsp3) is 0.462. The maximum Gasteiger partial charge on any atom is 0.251 e. The molecule has 0 saturated carbocycles. The van der Waals surface area contributed by atoms with Crippen LogP contribution < -0.4 is 14.8 Å². The zero-order valence-electron chi connectivity index (χ0n) is 10.9. The SMILES string of the molecule is CCNC(=O)c1cc(I)c(OCC)c(OCC)c1. The minimum absolute atomic E-state index is 0.0978. The molecule has 1 N–H and O–H groups in total. The van der Waals surface area contributed by atoms with E-state index in [1.54, 1.807) is 12.1 Å². The molecule has 0 aliphatic carbocycles. The second-order valence-corrected chi connectivity index (χ2v) is 4.67. The van der Waals surface area contributed by atoms with Gasteiger partial charge in [0.15, 0.2) is 11.5 Å². The van der Waals surface area contributed by atoms with Crippen LogP contribution in [0.4, 0.5) is 0 Å². The molecule has 1 aromatic rings. The Balaban J connectivity index is 3.13. The summed E-state index contributed by atoms with van der Waals surface area (Å²) in [7, 11) is 0. The van der Waals surface area contributed by atoms with E-state index >= 15 is 0 Å². The van der Waals surface area contributed by atoms with Gasteiger partial charge in [-0.05, 0) is 55.5 Å². The molecular weight excluding hydrogens is 345 g/mol. The number of rotatable bonds is 6. The van der Waals surface area contributed by atoms with E-state index in [0.717, 1.165) is 3.57 Å². The van der Waals surface area contributed by atoms with Gasteiger partial charge in [-0.25, -0.2) is 0 Å². The summed E-state index contributed by atoms with van der Waals surface area (Å²) >= 11 is 2.15. The molecule has 5 heteroatoms. The Bertz CT molecular complexity index is 421. The van der Waals surface area contributed by atoms with Gasteiger partial charge in [0.2, 0.25) is 0 Å². The molecule has 0 aliphatic rings. The van der Waals surface area contributed by atoms with E-state index in [1.807, 2.05) is 20.8 Å². The maximum atomic E-state index is 11.8. The van der Waals surface area contributed by atoms with Crippen LogP contribution in [0.25, 0.3) is 0 Å². The molecule has 0 atom stereocenters. The molecule has 0 bridgehead atoms. The van der Waals surface area contributed by atoms with Gasteiger partial charge in [0.05, 0.1) is 16.8 Å². The van der Waals surface area contributed by atoms with Crippen LogP contribution in [0, 0.1) is 3.57 Å². The van der Waals surface area contributed by atoms with Crippen molar-refractivity contribution in [2.45, 2.75) is 20.8 Å². The molecule has 1 amide bonds. The van der Waals surface area contributed by atoms with Gasteiger partial charge < -0.3 is 14.8 Å². The van der Waals surface area contributed by atoms with E-state index in [4.69, 9.17) is 9.47 Å². The van der Waals surface area contributed by atoms with Crippen molar-refractivity contribution in [3.05, 3.63) is 21.3 Å². The highest BCUT2D eigenvalue weighted by Gasteiger charge is 2.15. The van der Waals surface area contributed by atoms with Gasteiger partial charge in [0.25, 0.3) is 5.91 Å².